The quantitative estimate of drug-likeness (QED) is 0.635. The number of hydrogen-bond acceptors (Lipinski definition) is 4. The fourth-order valence-corrected chi connectivity index (χ4v) is 3.87. The van der Waals surface area contributed by atoms with Gasteiger partial charge in [0.1, 0.15) is 12.1 Å². The molecule has 1 heterocycles. The zero-order valence-corrected chi connectivity index (χ0v) is 19.8. The van der Waals surface area contributed by atoms with Gasteiger partial charge in [-0.1, -0.05) is 75.4 Å². The topological polar surface area (TPSA) is 95.6 Å². The summed E-state index contributed by atoms with van der Waals surface area (Å²) in [4.78, 5) is 51.4. The molecule has 0 spiro atoms. The van der Waals surface area contributed by atoms with E-state index >= 15 is 0 Å². The van der Waals surface area contributed by atoms with Crippen LogP contribution in [0.5, 0.6) is 0 Å². The zero-order chi connectivity index (χ0) is 24.4. The summed E-state index contributed by atoms with van der Waals surface area (Å²) < 4.78 is 0. The van der Waals surface area contributed by atoms with E-state index in [1.807, 2.05) is 54.6 Å². The second-order valence-corrected chi connectivity index (χ2v) is 9.69. The van der Waals surface area contributed by atoms with Crippen LogP contribution in [0.25, 0.3) is 0 Å². The van der Waals surface area contributed by atoms with E-state index in [2.05, 4.69) is 31.4 Å². The van der Waals surface area contributed by atoms with E-state index in [0.717, 1.165) is 16.0 Å². The molecule has 2 N–H and O–H groups in total. The first-order chi connectivity index (χ1) is 15.4. The predicted molar refractivity (Wildman–Crippen MR) is 125 cm³/mol. The summed E-state index contributed by atoms with van der Waals surface area (Å²) >= 11 is 0. The van der Waals surface area contributed by atoms with Gasteiger partial charge in [-0.05, 0) is 42.4 Å². The third-order valence-corrected chi connectivity index (χ3v) is 6.01. The van der Waals surface area contributed by atoms with Gasteiger partial charge in [-0.15, -0.1) is 0 Å². The van der Waals surface area contributed by atoms with Crippen molar-refractivity contribution < 1.29 is 19.2 Å². The van der Waals surface area contributed by atoms with Crippen molar-refractivity contribution >= 4 is 23.6 Å². The molecule has 3 rings (SSSR count). The van der Waals surface area contributed by atoms with Crippen molar-refractivity contribution in [2.45, 2.75) is 58.0 Å². The second-order valence-electron chi connectivity index (χ2n) is 9.69. The highest BCUT2D eigenvalue weighted by Crippen LogP contribution is 2.31. The van der Waals surface area contributed by atoms with Crippen LogP contribution >= 0.6 is 0 Å². The number of urea groups is 1. The summed E-state index contributed by atoms with van der Waals surface area (Å²) in [6.45, 7) is 8.86. The van der Waals surface area contributed by atoms with Crippen LogP contribution in [0.4, 0.5) is 4.79 Å². The summed E-state index contributed by atoms with van der Waals surface area (Å²) in [7, 11) is 0. The molecule has 4 amide bonds. The van der Waals surface area contributed by atoms with Crippen molar-refractivity contribution in [1.82, 2.24) is 15.5 Å². The van der Waals surface area contributed by atoms with Gasteiger partial charge in [0.15, 0.2) is 5.78 Å². The molecule has 7 heteroatoms. The number of hydrogen-bond donors (Lipinski definition) is 2. The van der Waals surface area contributed by atoms with Crippen molar-refractivity contribution in [3.8, 4) is 0 Å². The van der Waals surface area contributed by atoms with E-state index in [0.29, 0.717) is 12.0 Å². The molecule has 1 aliphatic rings. The average Bonchev–Trinajstić information content (AvgIpc) is 2.97. The molecule has 2 unspecified atom stereocenters. The number of carbonyl (C=O) groups excluding carboxylic acids is 4. The monoisotopic (exact) mass is 449 g/mol. The Bertz CT molecular complexity index is 1060. The Labute approximate surface area is 194 Å². The Morgan fingerprint density at radius 2 is 1.64 bits per heavy atom. The van der Waals surface area contributed by atoms with Crippen LogP contribution in [-0.2, 0) is 31.8 Å². The zero-order valence-electron chi connectivity index (χ0n) is 19.8. The normalized spacial score (nSPS) is 19.2. The van der Waals surface area contributed by atoms with Gasteiger partial charge in [-0.3, -0.25) is 19.3 Å². The highest BCUT2D eigenvalue weighted by atomic mass is 16.2. The third kappa shape index (κ3) is 5.30. The predicted octanol–water partition coefficient (Wildman–Crippen LogP) is 3.07. The fourth-order valence-electron chi connectivity index (χ4n) is 3.87. The lowest BCUT2D eigenvalue weighted by Crippen LogP contribution is -2.48. The van der Waals surface area contributed by atoms with Crippen LogP contribution < -0.4 is 10.6 Å². The van der Waals surface area contributed by atoms with Crippen molar-refractivity contribution in [3.05, 3.63) is 71.3 Å². The minimum absolute atomic E-state index is 0.0422. The van der Waals surface area contributed by atoms with Crippen LogP contribution in [0.2, 0.25) is 0 Å². The molecule has 174 valence electrons. The standard InChI is InChI=1S/C26H31N3O4/c1-17(30)21(15-18-9-7-6-8-10-18)27-22(31)16-29-23(32)26(5,28-24(29)33)20-13-11-19(12-14-20)25(2,3)4/h6-14,21H,15-16H2,1-5H3,(H,27,31)(H,28,33). The third-order valence-electron chi connectivity index (χ3n) is 6.01. The lowest BCUT2D eigenvalue weighted by molar-refractivity contribution is -0.135. The number of benzene rings is 2. The highest BCUT2D eigenvalue weighted by molar-refractivity contribution is 6.09. The first-order valence-corrected chi connectivity index (χ1v) is 11.0. The van der Waals surface area contributed by atoms with Crippen molar-refractivity contribution in [2.75, 3.05) is 6.54 Å². The number of imide groups is 1. The van der Waals surface area contributed by atoms with E-state index in [4.69, 9.17) is 0 Å². The summed E-state index contributed by atoms with van der Waals surface area (Å²) in [5.74, 6) is -1.27. The maximum atomic E-state index is 13.2. The number of Topliss-reactive ketones (excluding diaryl/α,β-unsaturated/α-hetero) is 1. The smallest absolute Gasteiger partial charge is 0.325 e. The van der Waals surface area contributed by atoms with E-state index in [1.54, 1.807) is 6.92 Å². The maximum absolute atomic E-state index is 13.2. The number of amides is 4. The molecule has 2 aromatic rings. The van der Waals surface area contributed by atoms with Gasteiger partial charge >= 0.3 is 6.03 Å². The first kappa shape index (κ1) is 24.2. The van der Waals surface area contributed by atoms with E-state index in [-0.39, 0.29) is 11.2 Å². The fraction of sp³-hybridized carbons (Fsp3) is 0.385. The van der Waals surface area contributed by atoms with Crippen molar-refractivity contribution in [3.63, 3.8) is 0 Å². The molecule has 0 aliphatic carbocycles. The van der Waals surface area contributed by atoms with Crippen LogP contribution in [0.3, 0.4) is 0 Å². The van der Waals surface area contributed by atoms with Crippen LogP contribution in [0.15, 0.2) is 54.6 Å². The van der Waals surface area contributed by atoms with E-state index in [9.17, 15) is 19.2 Å². The minimum atomic E-state index is -1.27. The van der Waals surface area contributed by atoms with Crippen LogP contribution in [0, 0.1) is 0 Å². The Morgan fingerprint density at radius 1 is 1.03 bits per heavy atom. The van der Waals surface area contributed by atoms with Gasteiger partial charge < -0.3 is 10.6 Å². The van der Waals surface area contributed by atoms with Gasteiger partial charge in [0.2, 0.25) is 5.91 Å². The molecule has 1 saturated heterocycles. The number of ketones is 1. The highest BCUT2D eigenvalue weighted by Gasteiger charge is 2.49. The molecular formula is C26H31N3O4. The lowest BCUT2D eigenvalue weighted by atomic mass is 9.84. The molecule has 1 aliphatic heterocycles. The lowest BCUT2D eigenvalue weighted by Gasteiger charge is -2.25. The summed E-state index contributed by atoms with van der Waals surface area (Å²) in [6.07, 6.45) is 0.333. The average molecular weight is 450 g/mol. The van der Waals surface area contributed by atoms with Crippen LogP contribution in [-0.4, -0.2) is 41.1 Å². The van der Waals surface area contributed by atoms with E-state index in [1.165, 1.54) is 6.92 Å². The number of carbonyl (C=O) groups is 4. The molecular weight excluding hydrogens is 418 g/mol. The summed E-state index contributed by atoms with van der Waals surface area (Å²) in [5, 5.41) is 5.38. The van der Waals surface area contributed by atoms with Gasteiger partial charge in [-0.25, -0.2) is 4.79 Å². The minimum Gasteiger partial charge on any atom is -0.344 e. The maximum Gasteiger partial charge on any atom is 0.325 e. The largest absolute Gasteiger partial charge is 0.344 e. The first-order valence-electron chi connectivity index (χ1n) is 11.0. The van der Waals surface area contributed by atoms with Crippen molar-refractivity contribution in [2.24, 2.45) is 0 Å². The molecule has 7 nitrogen and oxygen atoms in total. The summed E-state index contributed by atoms with van der Waals surface area (Å²) in [6, 6.07) is 15.5. The second kappa shape index (κ2) is 9.17. The molecule has 0 saturated carbocycles. The molecule has 0 bridgehead atoms. The van der Waals surface area contributed by atoms with Gasteiger partial charge in [0.25, 0.3) is 5.91 Å². The Kier molecular flexibility index (Phi) is 6.72. The summed E-state index contributed by atoms with van der Waals surface area (Å²) in [5.41, 5.74) is 1.34. The molecule has 2 aromatic carbocycles. The van der Waals surface area contributed by atoms with Gasteiger partial charge in [-0.2, -0.15) is 0 Å². The molecule has 0 aromatic heterocycles. The molecule has 33 heavy (non-hydrogen) atoms. The number of nitrogens with one attached hydrogen (secondary N) is 2. The SMILES string of the molecule is CC(=O)C(Cc1ccccc1)NC(=O)CN1C(=O)NC(C)(c2ccc(C(C)(C)C)cc2)C1=O. The number of rotatable bonds is 7. The Balaban J connectivity index is 1.71. The molecule has 1 fully saturated rings. The van der Waals surface area contributed by atoms with Crippen molar-refractivity contribution in [1.29, 1.82) is 0 Å². The molecule has 0 radical (unpaired) electrons. The molecule has 2 atom stereocenters. The Morgan fingerprint density at radius 3 is 2.18 bits per heavy atom. The van der Waals surface area contributed by atoms with Crippen LogP contribution in [0.1, 0.15) is 51.3 Å². The van der Waals surface area contributed by atoms with Gasteiger partial charge in [0.05, 0.1) is 6.04 Å². The Hall–Kier alpha value is -3.48. The van der Waals surface area contributed by atoms with E-state index < -0.39 is 36.0 Å². The van der Waals surface area contributed by atoms with Gasteiger partial charge in [0, 0.05) is 0 Å². The number of nitrogens with zero attached hydrogens (tertiary/aromatic N) is 1.